The third-order valence-electron chi connectivity index (χ3n) is 6.58. The van der Waals surface area contributed by atoms with E-state index >= 15 is 0 Å². The Morgan fingerprint density at radius 1 is 1.31 bits per heavy atom. The van der Waals surface area contributed by atoms with Crippen LogP contribution in [0.25, 0.3) is 0 Å². The summed E-state index contributed by atoms with van der Waals surface area (Å²) >= 11 is 3.54. The number of nitrogens with two attached hydrogens (primary N) is 1. The topological polar surface area (TPSA) is 268 Å². The minimum Gasteiger partial charge on any atom is -0.481 e. The number of β-lactam (4-membered cyclic amide) rings is 1. The van der Waals surface area contributed by atoms with Crippen LogP contribution < -0.4 is 16.6 Å². The second-order valence-corrected chi connectivity index (χ2v) is 13.3. The van der Waals surface area contributed by atoms with E-state index in [0.717, 1.165) is 46.6 Å². The maximum absolute atomic E-state index is 13.2. The number of aromatic carboxylic acids is 1. The maximum atomic E-state index is 13.2. The molecule has 0 spiro atoms. The van der Waals surface area contributed by atoms with Crippen molar-refractivity contribution >= 4 is 87.2 Å². The van der Waals surface area contributed by atoms with E-state index < -0.39 is 69.0 Å². The summed E-state index contributed by atoms with van der Waals surface area (Å²) in [6.07, 6.45) is 0.00613. The van der Waals surface area contributed by atoms with Gasteiger partial charge in [0.15, 0.2) is 10.7 Å². The zero-order chi connectivity index (χ0) is 31.0. The number of carbonyl (C=O) groups excluding carboxylic acids is 2. The van der Waals surface area contributed by atoms with Crippen LogP contribution in [0.1, 0.15) is 36.5 Å². The van der Waals surface area contributed by atoms with Gasteiger partial charge in [0, 0.05) is 29.6 Å². The van der Waals surface area contributed by atoms with Crippen LogP contribution in [0.4, 0.5) is 5.13 Å². The number of hydrogen-bond acceptors (Lipinski definition) is 15. The molecule has 226 valence electrons. The lowest BCUT2D eigenvalue weighted by molar-refractivity contribution is -0.164. The van der Waals surface area contributed by atoms with E-state index in [0.29, 0.717) is 0 Å². The first-order chi connectivity index (χ1) is 19.7. The van der Waals surface area contributed by atoms with Crippen molar-refractivity contribution < 1.29 is 44.1 Å². The third kappa shape index (κ3) is 5.80. The highest BCUT2D eigenvalue weighted by atomic mass is 32.2. The summed E-state index contributed by atoms with van der Waals surface area (Å²) in [6, 6.07) is -1.08. The minimum atomic E-state index is -1.77. The Kier molecular flexibility index (Phi) is 8.85. The summed E-state index contributed by atoms with van der Waals surface area (Å²) in [7, 11) is 0. The van der Waals surface area contributed by atoms with Crippen LogP contribution in [-0.4, -0.2) is 104 Å². The molecule has 2 aliphatic rings. The van der Waals surface area contributed by atoms with Crippen molar-refractivity contribution in [3.8, 4) is 0 Å². The van der Waals surface area contributed by atoms with Crippen molar-refractivity contribution in [3.05, 3.63) is 21.7 Å². The SMILES string of the molecule is CCC(C)(ON=C(C(=O)NC1C(=O)N2CC(CSc3s[nH]c(=O)c3C(=O)O)(C(=O)O)CS[C@H]12)c1nsc(N)n1)C(=O)O. The molecule has 0 aromatic carbocycles. The molecule has 17 nitrogen and oxygen atoms in total. The minimum absolute atomic E-state index is 0.000916. The molecule has 0 radical (unpaired) electrons. The van der Waals surface area contributed by atoms with Gasteiger partial charge in [-0.2, -0.15) is 9.36 Å². The highest BCUT2D eigenvalue weighted by Crippen LogP contribution is 2.45. The number of aliphatic carboxylic acids is 2. The maximum Gasteiger partial charge on any atom is 0.350 e. The van der Waals surface area contributed by atoms with Gasteiger partial charge in [-0.3, -0.25) is 23.6 Å². The zero-order valence-electron chi connectivity index (χ0n) is 21.7. The number of aromatic nitrogens is 3. The highest BCUT2D eigenvalue weighted by molar-refractivity contribution is 8.01. The molecule has 2 aliphatic heterocycles. The summed E-state index contributed by atoms with van der Waals surface area (Å²) in [4.78, 5) is 83.8. The number of hydrogen-bond donors (Lipinski definition) is 6. The van der Waals surface area contributed by atoms with Gasteiger partial charge < -0.3 is 36.1 Å². The summed E-state index contributed by atoms with van der Waals surface area (Å²) in [5, 5.41) is 34.4. The second-order valence-electron chi connectivity index (χ2n) is 9.37. The fourth-order valence-electron chi connectivity index (χ4n) is 3.81. The number of aromatic amines is 1. The Labute approximate surface area is 252 Å². The van der Waals surface area contributed by atoms with Crippen LogP contribution >= 0.6 is 46.6 Å². The number of nitrogens with one attached hydrogen (secondary N) is 2. The fraction of sp³-hybridized carbons (Fsp3) is 0.476. The quantitative estimate of drug-likeness (QED) is 0.0744. The van der Waals surface area contributed by atoms with Crippen LogP contribution in [0.5, 0.6) is 0 Å². The largest absolute Gasteiger partial charge is 0.481 e. The predicted molar refractivity (Wildman–Crippen MR) is 151 cm³/mol. The van der Waals surface area contributed by atoms with Gasteiger partial charge in [-0.05, 0) is 13.3 Å². The summed E-state index contributed by atoms with van der Waals surface area (Å²) in [6.45, 7) is 2.58. The van der Waals surface area contributed by atoms with E-state index in [1.54, 1.807) is 6.92 Å². The van der Waals surface area contributed by atoms with Crippen LogP contribution in [0.15, 0.2) is 14.2 Å². The molecule has 2 aromatic rings. The lowest BCUT2D eigenvalue weighted by atomic mass is 9.89. The first-order valence-corrected chi connectivity index (χ1v) is 15.5. The predicted octanol–water partition coefficient (Wildman–Crippen LogP) is -0.194. The average molecular weight is 662 g/mol. The molecule has 7 N–H and O–H groups in total. The van der Waals surface area contributed by atoms with E-state index in [9.17, 15) is 44.1 Å². The number of thioether (sulfide) groups is 2. The van der Waals surface area contributed by atoms with Crippen molar-refractivity contribution in [3.63, 3.8) is 0 Å². The summed E-state index contributed by atoms with van der Waals surface area (Å²) in [5.74, 6) is -5.85. The first kappa shape index (κ1) is 31.3. The molecule has 2 fully saturated rings. The molecule has 0 bridgehead atoms. The van der Waals surface area contributed by atoms with Gasteiger partial charge in [0.05, 0.1) is 4.21 Å². The van der Waals surface area contributed by atoms with E-state index in [-0.39, 0.29) is 39.6 Å². The Morgan fingerprint density at radius 2 is 2.02 bits per heavy atom. The summed E-state index contributed by atoms with van der Waals surface area (Å²) in [5.41, 5.74) is 0.607. The fourth-order valence-corrected chi connectivity index (χ4v) is 8.07. The second kappa shape index (κ2) is 11.9. The number of amides is 2. The van der Waals surface area contributed by atoms with E-state index in [4.69, 9.17) is 10.6 Å². The molecule has 0 saturated carbocycles. The highest BCUT2D eigenvalue weighted by Gasteiger charge is 2.57. The van der Waals surface area contributed by atoms with Crippen LogP contribution in [0.3, 0.4) is 0 Å². The van der Waals surface area contributed by atoms with Crippen LogP contribution in [0.2, 0.25) is 0 Å². The smallest absolute Gasteiger partial charge is 0.350 e. The number of rotatable bonds is 12. The monoisotopic (exact) mass is 661 g/mol. The van der Waals surface area contributed by atoms with E-state index in [2.05, 4.69) is 24.2 Å². The van der Waals surface area contributed by atoms with Crippen LogP contribution in [-0.2, 0) is 24.0 Å². The number of carboxylic acids is 3. The van der Waals surface area contributed by atoms with Crippen molar-refractivity contribution in [1.29, 1.82) is 0 Å². The molecule has 4 heterocycles. The van der Waals surface area contributed by atoms with Gasteiger partial charge in [0.2, 0.25) is 23.0 Å². The van der Waals surface area contributed by atoms with Crippen molar-refractivity contribution in [2.45, 2.75) is 41.5 Å². The lowest BCUT2D eigenvalue weighted by Crippen LogP contribution is -2.74. The Hall–Kier alpha value is -3.69. The van der Waals surface area contributed by atoms with Crippen molar-refractivity contribution in [2.75, 3.05) is 23.8 Å². The Balaban J connectivity index is 1.48. The molecule has 4 atom stereocenters. The van der Waals surface area contributed by atoms with Crippen molar-refractivity contribution in [2.24, 2.45) is 10.6 Å². The molecule has 4 rings (SSSR count). The van der Waals surface area contributed by atoms with Gasteiger partial charge in [-0.25, -0.2) is 9.59 Å². The van der Waals surface area contributed by atoms with Gasteiger partial charge in [0.1, 0.15) is 16.8 Å². The molecule has 3 unspecified atom stereocenters. The van der Waals surface area contributed by atoms with Gasteiger partial charge in [-0.15, -0.1) is 23.5 Å². The lowest BCUT2D eigenvalue weighted by Gasteiger charge is -2.53. The number of anilines is 1. The molecule has 21 heteroatoms. The number of nitrogen functional groups attached to an aromatic ring is 1. The molecular formula is C21H23N7O10S4. The number of nitrogens with zero attached hydrogens (tertiary/aromatic N) is 4. The normalized spacial score (nSPS) is 23.3. The number of oxime groups is 1. The van der Waals surface area contributed by atoms with E-state index in [1.165, 1.54) is 11.8 Å². The first-order valence-electron chi connectivity index (χ1n) is 11.9. The Bertz CT molecular complexity index is 1540. The molecule has 0 aliphatic carbocycles. The number of H-pyrrole nitrogens is 1. The Morgan fingerprint density at radius 3 is 2.60 bits per heavy atom. The summed E-state index contributed by atoms with van der Waals surface area (Å²) < 4.78 is 6.36. The van der Waals surface area contributed by atoms with Gasteiger partial charge >= 0.3 is 17.9 Å². The molecular weight excluding hydrogens is 639 g/mol. The number of carbonyl (C=O) groups is 5. The molecule has 2 saturated heterocycles. The molecule has 2 aromatic heterocycles. The van der Waals surface area contributed by atoms with E-state index in [1.807, 2.05) is 0 Å². The average Bonchev–Trinajstić information content (AvgIpc) is 3.54. The van der Waals surface area contributed by atoms with Crippen LogP contribution in [0, 0.1) is 5.41 Å². The van der Waals surface area contributed by atoms with Gasteiger partial charge in [-0.1, -0.05) is 23.6 Å². The third-order valence-corrected chi connectivity index (χ3v) is 11.2. The van der Waals surface area contributed by atoms with Gasteiger partial charge in [0.25, 0.3) is 11.5 Å². The van der Waals surface area contributed by atoms with Crippen molar-refractivity contribution in [1.82, 2.24) is 23.9 Å². The standard InChI is InChI=1S/C21H23N7O10S4/c1-3-20(2,17(34)35)38-25-8(10-24-19(22)42-26-10)12(30)23-9-13(31)28-4-21(18(36)37,5-39-14(9)28)6-40-16-7(15(32)33)11(29)27-41-16/h9,14H,3-6H2,1-2H3,(H,23,30)(H,27,29)(H,32,33)(H,34,35)(H,36,37)(H2,22,24,26)/t9?,14-,20?,21?/m1/s1. The zero-order valence-corrected chi connectivity index (χ0v) is 24.9. The number of fused-ring (bicyclic) bond motifs is 1. The molecule has 42 heavy (non-hydrogen) atoms. The number of carboxylic acid groups (broad SMARTS) is 3. The molecule has 2 amide bonds.